The molecule has 1 aromatic heterocycles. The van der Waals surface area contributed by atoms with E-state index in [1.165, 1.54) is 12.5 Å². The SMILES string of the molecule is C=C(C)CNC(=O)c1ccoc1. The van der Waals surface area contributed by atoms with E-state index in [2.05, 4.69) is 11.9 Å². The van der Waals surface area contributed by atoms with Gasteiger partial charge in [-0.25, -0.2) is 0 Å². The van der Waals surface area contributed by atoms with E-state index < -0.39 is 0 Å². The molecular formula is C9H11NO2. The minimum atomic E-state index is -0.133. The fourth-order valence-corrected chi connectivity index (χ4v) is 0.727. The first kappa shape index (κ1) is 8.59. The van der Waals surface area contributed by atoms with Crippen molar-refractivity contribution < 1.29 is 9.21 Å². The number of nitrogens with one attached hydrogen (secondary N) is 1. The summed E-state index contributed by atoms with van der Waals surface area (Å²) < 4.78 is 4.76. The quantitative estimate of drug-likeness (QED) is 0.691. The molecule has 1 aromatic rings. The highest BCUT2D eigenvalue weighted by Gasteiger charge is 2.04. The zero-order valence-corrected chi connectivity index (χ0v) is 6.96. The Balaban J connectivity index is 2.45. The van der Waals surface area contributed by atoms with Gasteiger partial charge < -0.3 is 9.73 Å². The molecule has 0 atom stereocenters. The molecule has 1 N–H and O–H groups in total. The maximum absolute atomic E-state index is 11.2. The summed E-state index contributed by atoms with van der Waals surface area (Å²) in [6.07, 6.45) is 2.88. The fourth-order valence-electron chi connectivity index (χ4n) is 0.727. The Morgan fingerprint density at radius 3 is 3.00 bits per heavy atom. The van der Waals surface area contributed by atoms with Crippen LogP contribution in [0.2, 0.25) is 0 Å². The van der Waals surface area contributed by atoms with Crippen molar-refractivity contribution in [3.05, 3.63) is 36.3 Å². The standard InChI is InChI=1S/C9H11NO2/c1-7(2)5-10-9(11)8-3-4-12-6-8/h3-4,6H,1,5H2,2H3,(H,10,11). The number of carbonyl (C=O) groups excluding carboxylic acids is 1. The van der Waals surface area contributed by atoms with E-state index in [0.717, 1.165) is 5.57 Å². The number of hydrogen-bond donors (Lipinski definition) is 1. The number of furan rings is 1. The predicted molar refractivity (Wildman–Crippen MR) is 45.9 cm³/mol. The second kappa shape index (κ2) is 3.76. The highest BCUT2D eigenvalue weighted by atomic mass is 16.3. The van der Waals surface area contributed by atoms with Crippen LogP contribution in [0.1, 0.15) is 17.3 Å². The maximum atomic E-state index is 11.2. The summed E-state index contributed by atoms with van der Waals surface area (Å²) in [5.41, 5.74) is 1.46. The molecule has 3 nitrogen and oxygen atoms in total. The Kier molecular flexibility index (Phi) is 2.69. The third kappa shape index (κ3) is 2.27. The monoisotopic (exact) mass is 165 g/mol. The van der Waals surface area contributed by atoms with Crippen LogP contribution in [-0.4, -0.2) is 12.5 Å². The van der Waals surface area contributed by atoms with Gasteiger partial charge in [-0.05, 0) is 13.0 Å². The normalized spacial score (nSPS) is 9.42. The highest BCUT2D eigenvalue weighted by molar-refractivity contribution is 5.93. The molecular weight excluding hydrogens is 154 g/mol. The molecule has 1 heterocycles. The third-order valence-corrected chi connectivity index (χ3v) is 1.33. The Labute approximate surface area is 71.1 Å². The van der Waals surface area contributed by atoms with Crippen LogP contribution in [-0.2, 0) is 0 Å². The van der Waals surface area contributed by atoms with Crippen molar-refractivity contribution in [2.75, 3.05) is 6.54 Å². The van der Waals surface area contributed by atoms with Crippen LogP contribution in [0.25, 0.3) is 0 Å². The van der Waals surface area contributed by atoms with E-state index >= 15 is 0 Å². The Bertz CT molecular complexity index is 275. The summed E-state index contributed by atoms with van der Waals surface area (Å²) in [5, 5.41) is 2.69. The third-order valence-electron chi connectivity index (χ3n) is 1.33. The molecule has 1 amide bonds. The zero-order chi connectivity index (χ0) is 8.97. The van der Waals surface area contributed by atoms with Gasteiger partial charge >= 0.3 is 0 Å². The van der Waals surface area contributed by atoms with Gasteiger partial charge in [0.25, 0.3) is 5.91 Å². The molecule has 3 heteroatoms. The minimum absolute atomic E-state index is 0.133. The van der Waals surface area contributed by atoms with Crippen molar-refractivity contribution in [2.24, 2.45) is 0 Å². The van der Waals surface area contributed by atoms with Crippen molar-refractivity contribution in [3.8, 4) is 0 Å². The lowest BCUT2D eigenvalue weighted by Crippen LogP contribution is -2.24. The van der Waals surface area contributed by atoms with Gasteiger partial charge in [0.1, 0.15) is 6.26 Å². The summed E-state index contributed by atoms with van der Waals surface area (Å²) >= 11 is 0. The van der Waals surface area contributed by atoms with Gasteiger partial charge in [0.05, 0.1) is 11.8 Å². The molecule has 0 saturated heterocycles. The van der Waals surface area contributed by atoms with Crippen molar-refractivity contribution in [2.45, 2.75) is 6.92 Å². The lowest BCUT2D eigenvalue weighted by molar-refractivity contribution is 0.0956. The Morgan fingerprint density at radius 1 is 1.75 bits per heavy atom. The van der Waals surface area contributed by atoms with E-state index in [1.54, 1.807) is 6.07 Å². The van der Waals surface area contributed by atoms with Gasteiger partial charge in [-0.3, -0.25) is 4.79 Å². The van der Waals surface area contributed by atoms with Crippen LogP contribution in [0.5, 0.6) is 0 Å². The predicted octanol–water partition coefficient (Wildman–Crippen LogP) is 1.59. The Hall–Kier alpha value is -1.51. The summed E-state index contributed by atoms with van der Waals surface area (Å²) in [6.45, 7) is 6.03. The van der Waals surface area contributed by atoms with Gasteiger partial charge in [0.2, 0.25) is 0 Å². The number of amides is 1. The topological polar surface area (TPSA) is 42.2 Å². The van der Waals surface area contributed by atoms with Crippen LogP contribution >= 0.6 is 0 Å². The molecule has 0 radical (unpaired) electrons. The molecule has 0 aliphatic heterocycles. The first-order valence-electron chi connectivity index (χ1n) is 3.65. The van der Waals surface area contributed by atoms with E-state index in [9.17, 15) is 4.79 Å². The van der Waals surface area contributed by atoms with E-state index in [0.29, 0.717) is 12.1 Å². The smallest absolute Gasteiger partial charge is 0.254 e. The van der Waals surface area contributed by atoms with Crippen LogP contribution in [0.3, 0.4) is 0 Å². The fraction of sp³-hybridized carbons (Fsp3) is 0.222. The maximum Gasteiger partial charge on any atom is 0.254 e. The molecule has 0 bridgehead atoms. The van der Waals surface area contributed by atoms with Crippen LogP contribution in [0.15, 0.2) is 35.2 Å². The van der Waals surface area contributed by atoms with E-state index in [-0.39, 0.29) is 5.91 Å². The van der Waals surface area contributed by atoms with Gasteiger partial charge in [0.15, 0.2) is 0 Å². The largest absolute Gasteiger partial charge is 0.472 e. The van der Waals surface area contributed by atoms with Crippen molar-refractivity contribution in [1.82, 2.24) is 5.32 Å². The average molecular weight is 165 g/mol. The van der Waals surface area contributed by atoms with Gasteiger partial charge in [-0.1, -0.05) is 12.2 Å². The molecule has 64 valence electrons. The molecule has 0 saturated carbocycles. The van der Waals surface area contributed by atoms with Crippen LogP contribution < -0.4 is 5.32 Å². The zero-order valence-electron chi connectivity index (χ0n) is 6.96. The molecule has 1 rings (SSSR count). The first-order chi connectivity index (χ1) is 5.70. The molecule has 0 spiro atoms. The van der Waals surface area contributed by atoms with Gasteiger partial charge in [-0.15, -0.1) is 0 Å². The number of carbonyl (C=O) groups is 1. The van der Waals surface area contributed by atoms with Crippen molar-refractivity contribution in [3.63, 3.8) is 0 Å². The minimum Gasteiger partial charge on any atom is -0.472 e. The second-order valence-electron chi connectivity index (χ2n) is 2.65. The summed E-state index contributed by atoms with van der Waals surface area (Å²) in [7, 11) is 0. The lowest BCUT2D eigenvalue weighted by Gasteiger charge is -2.00. The molecule has 0 aliphatic carbocycles. The van der Waals surface area contributed by atoms with E-state index in [4.69, 9.17) is 4.42 Å². The summed E-state index contributed by atoms with van der Waals surface area (Å²) in [6, 6.07) is 1.62. The molecule has 0 fully saturated rings. The highest BCUT2D eigenvalue weighted by Crippen LogP contribution is 1.98. The second-order valence-corrected chi connectivity index (χ2v) is 2.65. The van der Waals surface area contributed by atoms with Crippen molar-refractivity contribution >= 4 is 5.91 Å². The number of hydrogen-bond acceptors (Lipinski definition) is 2. The van der Waals surface area contributed by atoms with Gasteiger partial charge in [0, 0.05) is 6.54 Å². The van der Waals surface area contributed by atoms with Crippen LogP contribution in [0.4, 0.5) is 0 Å². The molecule has 0 unspecified atom stereocenters. The van der Waals surface area contributed by atoms with Gasteiger partial charge in [-0.2, -0.15) is 0 Å². The van der Waals surface area contributed by atoms with E-state index in [1.807, 2.05) is 6.92 Å². The summed E-state index contributed by atoms with van der Waals surface area (Å²) in [4.78, 5) is 11.2. The number of rotatable bonds is 3. The molecule has 12 heavy (non-hydrogen) atoms. The van der Waals surface area contributed by atoms with Crippen LogP contribution in [0, 0.1) is 0 Å². The van der Waals surface area contributed by atoms with Crippen molar-refractivity contribution in [1.29, 1.82) is 0 Å². The summed E-state index contributed by atoms with van der Waals surface area (Å²) in [5.74, 6) is -0.133. The molecule has 0 aromatic carbocycles. The lowest BCUT2D eigenvalue weighted by atomic mass is 10.3. The molecule has 0 aliphatic rings. The first-order valence-corrected chi connectivity index (χ1v) is 3.65. The Morgan fingerprint density at radius 2 is 2.50 bits per heavy atom. The average Bonchev–Trinajstić information content (AvgIpc) is 2.51.